The van der Waals surface area contributed by atoms with Crippen molar-refractivity contribution in [3.8, 4) is 0 Å². The first kappa shape index (κ1) is 9.01. The summed E-state index contributed by atoms with van der Waals surface area (Å²) in [4.78, 5) is 0. The van der Waals surface area contributed by atoms with Gasteiger partial charge in [0.2, 0.25) is 0 Å². The largest absolute Gasteiger partial charge is 0.352 e. The van der Waals surface area contributed by atoms with Gasteiger partial charge < -0.3 is 9.47 Å². The van der Waals surface area contributed by atoms with E-state index in [1.165, 1.54) is 6.42 Å². The second-order valence-electron chi connectivity index (χ2n) is 3.75. The fourth-order valence-electron chi connectivity index (χ4n) is 1.49. The standard InChI is InChI=1S/C9H18O2/c1-4-10-8-9(2,3)6-5-7-11-8/h8H,4-7H2,1-3H3/t8-/m0/s1. The molecule has 0 radical (unpaired) electrons. The van der Waals surface area contributed by atoms with Gasteiger partial charge in [0.25, 0.3) is 0 Å². The second kappa shape index (κ2) is 3.55. The molecule has 2 nitrogen and oxygen atoms in total. The highest BCUT2D eigenvalue weighted by molar-refractivity contribution is 4.76. The van der Waals surface area contributed by atoms with Crippen LogP contribution in [0.4, 0.5) is 0 Å². The molecule has 1 aliphatic heterocycles. The summed E-state index contributed by atoms with van der Waals surface area (Å²) in [5.74, 6) is 0. The maximum atomic E-state index is 5.51. The molecule has 0 amide bonds. The maximum absolute atomic E-state index is 5.51. The molecule has 0 aliphatic carbocycles. The monoisotopic (exact) mass is 158 g/mol. The lowest BCUT2D eigenvalue weighted by Gasteiger charge is -2.37. The minimum Gasteiger partial charge on any atom is -0.352 e. The zero-order chi connectivity index (χ0) is 8.32. The van der Waals surface area contributed by atoms with Crippen LogP contribution >= 0.6 is 0 Å². The first-order valence-electron chi connectivity index (χ1n) is 4.40. The van der Waals surface area contributed by atoms with Crippen molar-refractivity contribution in [2.75, 3.05) is 13.2 Å². The van der Waals surface area contributed by atoms with Crippen molar-refractivity contribution in [2.24, 2.45) is 5.41 Å². The Bertz CT molecular complexity index is 119. The van der Waals surface area contributed by atoms with Gasteiger partial charge in [-0.2, -0.15) is 0 Å². The lowest BCUT2D eigenvalue weighted by atomic mass is 9.85. The van der Waals surface area contributed by atoms with Crippen LogP contribution in [0.3, 0.4) is 0 Å². The predicted molar refractivity (Wildman–Crippen MR) is 44.4 cm³/mol. The van der Waals surface area contributed by atoms with Gasteiger partial charge in [-0.25, -0.2) is 0 Å². The van der Waals surface area contributed by atoms with E-state index in [2.05, 4.69) is 13.8 Å². The number of hydrogen-bond acceptors (Lipinski definition) is 2. The third kappa shape index (κ3) is 2.17. The molecule has 0 saturated carbocycles. The number of hydrogen-bond donors (Lipinski definition) is 0. The van der Waals surface area contributed by atoms with Crippen LogP contribution in [-0.2, 0) is 9.47 Å². The summed E-state index contributed by atoms with van der Waals surface area (Å²) >= 11 is 0. The van der Waals surface area contributed by atoms with Gasteiger partial charge in [-0.15, -0.1) is 0 Å². The fourth-order valence-corrected chi connectivity index (χ4v) is 1.49. The highest BCUT2D eigenvalue weighted by Gasteiger charge is 2.33. The van der Waals surface area contributed by atoms with E-state index in [-0.39, 0.29) is 11.7 Å². The van der Waals surface area contributed by atoms with Crippen molar-refractivity contribution >= 4 is 0 Å². The molecule has 11 heavy (non-hydrogen) atoms. The van der Waals surface area contributed by atoms with Gasteiger partial charge in [-0.3, -0.25) is 0 Å². The molecule has 0 aromatic rings. The van der Waals surface area contributed by atoms with Gasteiger partial charge in [0.15, 0.2) is 6.29 Å². The van der Waals surface area contributed by atoms with Crippen LogP contribution in [0.15, 0.2) is 0 Å². The Morgan fingerprint density at radius 2 is 2.27 bits per heavy atom. The predicted octanol–water partition coefficient (Wildman–Crippen LogP) is 2.19. The van der Waals surface area contributed by atoms with Gasteiger partial charge in [0.1, 0.15) is 0 Å². The van der Waals surface area contributed by atoms with Gasteiger partial charge in [-0.05, 0) is 19.8 Å². The zero-order valence-corrected chi connectivity index (χ0v) is 7.72. The van der Waals surface area contributed by atoms with Gasteiger partial charge >= 0.3 is 0 Å². The Kier molecular flexibility index (Phi) is 2.90. The summed E-state index contributed by atoms with van der Waals surface area (Å²) in [6.45, 7) is 8.01. The fraction of sp³-hybridized carbons (Fsp3) is 1.00. The molecule has 0 N–H and O–H groups in total. The molecule has 1 atom stereocenters. The highest BCUT2D eigenvalue weighted by atomic mass is 16.7. The number of rotatable bonds is 2. The highest BCUT2D eigenvalue weighted by Crippen LogP contribution is 2.33. The average molecular weight is 158 g/mol. The van der Waals surface area contributed by atoms with E-state index in [0.717, 1.165) is 19.6 Å². The summed E-state index contributed by atoms with van der Waals surface area (Å²) < 4.78 is 11.0. The first-order chi connectivity index (χ1) is 5.17. The Morgan fingerprint density at radius 1 is 1.55 bits per heavy atom. The topological polar surface area (TPSA) is 18.5 Å². The Hall–Kier alpha value is -0.0800. The molecular formula is C9H18O2. The molecule has 0 unspecified atom stereocenters. The third-order valence-electron chi connectivity index (χ3n) is 2.19. The quantitative estimate of drug-likeness (QED) is 0.613. The molecule has 66 valence electrons. The molecule has 1 heterocycles. The molecule has 0 aromatic carbocycles. The van der Waals surface area contributed by atoms with E-state index in [9.17, 15) is 0 Å². The molecular weight excluding hydrogens is 140 g/mol. The van der Waals surface area contributed by atoms with Crippen LogP contribution in [0, 0.1) is 5.41 Å². The maximum Gasteiger partial charge on any atom is 0.162 e. The average Bonchev–Trinajstić information content (AvgIpc) is 1.94. The summed E-state index contributed by atoms with van der Waals surface area (Å²) in [6, 6.07) is 0. The molecule has 2 heteroatoms. The summed E-state index contributed by atoms with van der Waals surface area (Å²) in [5, 5.41) is 0. The van der Waals surface area contributed by atoms with Crippen LogP contribution in [-0.4, -0.2) is 19.5 Å². The third-order valence-corrected chi connectivity index (χ3v) is 2.19. The molecule has 1 fully saturated rings. The second-order valence-corrected chi connectivity index (χ2v) is 3.75. The van der Waals surface area contributed by atoms with Crippen molar-refractivity contribution < 1.29 is 9.47 Å². The summed E-state index contributed by atoms with van der Waals surface area (Å²) in [6.07, 6.45) is 2.38. The lowest BCUT2D eigenvalue weighted by molar-refractivity contribution is -0.219. The molecule has 0 bridgehead atoms. The van der Waals surface area contributed by atoms with E-state index in [1.807, 2.05) is 6.92 Å². The minimum absolute atomic E-state index is 0.0150. The first-order valence-corrected chi connectivity index (χ1v) is 4.40. The van der Waals surface area contributed by atoms with Crippen LogP contribution < -0.4 is 0 Å². The Morgan fingerprint density at radius 3 is 2.82 bits per heavy atom. The van der Waals surface area contributed by atoms with Gasteiger partial charge in [-0.1, -0.05) is 13.8 Å². The van der Waals surface area contributed by atoms with Crippen LogP contribution in [0.1, 0.15) is 33.6 Å². The van der Waals surface area contributed by atoms with E-state index in [0.29, 0.717) is 0 Å². The summed E-state index contributed by atoms with van der Waals surface area (Å²) in [5.41, 5.74) is 0.203. The zero-order valence-electron chi connectivity index (χ0n) is 7.72. The lowest BCUT2D eigenvalue weighted by Crippen LogP contribution is -2.38. The molecule has 1 rings (SSSR count). The van der Waals surface area contributed by atoms with Crippen molar-refractivity contribution in [1.82, 2.24) is 0 Å². The number of ether oxygens (including phenoxy) is 2. The molecule has 0 spiro atoms. The SMILES string of the molecule is CCO[C@H]1OCCCC1(C)C. The van der Waals surface area contributed by atoms with Crippen molar-refractivity contribution in [3.05, 3.63) is 0 Å². The van der Waals surface area contributed by atoms with Gasteiger partial charge in [0.05, 0.1) is 0 Å². The van der Waals surface area contributed by atoms with E-state index in [1.54, 1.807) is 0 Å². The van der Waals surface area contributed by atoms with E-state index < -0.39 is 0 Å². The van der Waals surface area contributed by atoms with Crippen molar-refractivity contribution in [3.63, 3.8) is 0 Å². The minimum atomic E-state index is 0.0150. The normalized spacial score (nSPS) is 30.3. The van der Waals surface area contributed by atoms with E-state index >= 15 is 0 Å². The van der Waals surface area contributed by atoms with Crippen LogP contribution in [0.5, 0.6) is 0 Å². The van der Waals surface area contributed by atoms with Crippen LogP contribution in [0.2, 0.25) is 0 Å². The molecule has 1 saturated heterocycles. The van der Waals surface area contributed by atoms with Gasteiger partial charge in [0, 0.05) is 18.6 Å². The Labute approximate surface area is 68.9 Å². The Balaban J connectivity index is 2.45. The molecule has 1 aliphatic rings. The summed E-state index contributed by atoms with van der Waals surface area (Å²) in [7, 11) is 0. The van der Waals surface area contributed by atoms with Crippen molar-refractivity contribution in [2.45, 2.75) is 39.9 Å². The smallest absolute Gasteiger partial charge is 0.162 e. The van der Waals surface area contributed by atoms with E-state index in [4.69, 9.17) is 9.47 Å². The molecule has 0 aromatic heterocycles. The van der Waals surface area contributed by atoms with Crippen LogP contribution in [0.25, 0.3) is 0 Å². The van der Waals surface area contributed by atoms with Crippen molar-refractivity contribution in [1.29, 1.82) is 0 Å².